The van der Waals surface area contributed by atoms with Crippen molar-refractivity contribution in [2.75, 3.05) is 20.1 Å². The van der Waals surface area contributed by atoms with Gasteiger partial charge in [0.15, 0.2) is 0 Å². The van der Waals surface area contributed by atoms with Crippen molar-refractivity contribution in [1.82, 2.24) is 30.4 Å². The Hall–Kier alpha value is -3.45. The molecule has 31 heavy (non-hydrogen) atoms. The van der Waals surface area contributed by atoms with E-state index in [9.17, 15) is 4.79 Å². The van der Waals surface area contributed by atoms with Crippen LogP contribution in [0.1, 0.15) is 29.6 Å². The highest BCUT2D eigenvalue weighted by Gasteiger charge is 2.20. The summed E-state index contributed by atoms with van der Waals surface area (Å²) < 4.78 is 0. The van der Waals surface area contributed by atoms with E-state index in [1.54, 1.807) is 6.20 Å². The number of aromatic nitrogens is 4. The molecule has 0 saturated carbocycles. The first-order valence-electron chi connectivity index (χ1n) is 10.7. The van der Waals surface area contributed by atoms with Crippen LogP contribution in [0.15, 0.2) is 55.1 Å². The van der Waals surface area contributed by atoms with Crippen molar-refractivity contribution in [3.05, 3.63) is 60.7 Å². The number of nitrogens with zero attached hydrogens (tertiary/aromatic N) is 3. The minimum Gasteiger partial charge on any atom is -0.352 e. The molecule has 1 amide bonds. The summed E-state index contributed by atoms with van der Waals surface area (Å²) in [5, 5.41) is 11.0. The van der Waals surface area contributed by atoms with Crippen LogP contribution in [0, 0.1) is 0 Å². The summed E-state index contributed by atoms with van der Waals surface area (Å²) in [5.41, 5.74) is 5.62. The molecule has 1 fully saturated rings. The number of carbonyl (C=O) groups is 1. The normalized spacial score (nSPS) is 16.7. The van der Waals surface area contributed by atoms with Gasteiger partial charge in [0.05, 0.1) is 6.20 Å². The molecule has 1 atom stereocenters. The van der Waals surface area contributed by atoms with Gasteiger partial charge in [-0.3, -0.25) is 9.89 Å². The third-order valence-electron chi connectivity index (χ3n) is 6.26. The maximum atomic E-state index is 12.5. The minimum atomic E-state index is -0.0198. The zero-order valence-corrected chi connectivity index (χ0v) is 17.6. The quantitative estimate of drug-likeness (QED) is 0.447. The lowest BCUT2D eigenvalue weighted by Crippen LogP contribution is -2.31. The van der Waals surface area contributed by atoms with Crippen LogP contribution in [0.5, 0.6) is 0 Å². The predicted molar refractivity (Wildman–Crippen MR) is 122 cm³/mol. The van der Waals surface area contributed by atoms with E-state index in [1.165, 1.54) is 12.8 Å². The lowest BCUT2D eigenvalue weighted by Gasteiger charge is -2.19. The Bertz CT molecular complexity index is 1180. The van der Waals surface area contributed by atoms with Gasteiger partial charge in [0.2, 0.25) is 0 Å². The van der Waals surface area contributed by atoms with Crippen LogP contribution in [-0.2, 0) is 0 Å². The molecular formula is C24H26N6O. The fraction of sp³-hybridized carbons (Fsp3) is 0.292. The standard InChI is InChI=1S/C24H26N6O/c1-30-10-2-3-20(30)8-9-25-24(31)17-6-4-16(5-7-17)18-11-21-22(19-13-28-29-14-19)15-27-23(21)26-12-18/h4-7,11-15,20H,2-3,8-10H2,1H3,(H,25,31)(H,26,27)(H,28,29). The topological polar surface area (TPSA) is 89.7 Å². The fourth-order valence-electron chi connectivity index (χ4n) is 4.41. The highest BCUT2D eigenvalue weighted by Crippen LogP contribution is 2.30. The number of fused-ring (bicyclic) bond motifs is 1. The third-order valence-corrected chi connectivity index (χ3v) is 6.26. The monoisotopic (exact) mass is 414 g/mol. The molecule has 1 unspecified atom stereocenters. The van der Waals surface area contributed by atoms with Crippen LogP contribution in [-0.4, -0.2) is 57.2 Å². The lowest BCUT2D eigenvalue weighted by atomic mass is 10.0. The summed E-state index contributed by atoms with van der Waals surface area (Å²) in [5.74, 6) is -0.0198. The molecule has 7 heteroatoms. The number of pyridine rings is 1. The van der Waals surface area contributed by atoms with Crippen molar-refractivity contribution >= 4 is 16.9 Å². The molecule has 1 saturated heterocycles. The first kappa shape index (κ1) is 19.5. The van der Waals surface area contributed by atoms with E-state index >= 15 is 0 Å². The van der Waals surface area contributed by atoms with E-state index in [0.717, 1.165) is 46.3 Å². The Morgan fingerprint density at radius 2 is 2.03 bits per heavy atom. The van der Waals surface area contributed by atoms with E-state index in [4.69, 9.17) is 0 Å². The molecule has 158 valence electrons. The predicted octanol–water partition coefficient (Wildman–Crippen LogP) is 3.83. The molecule has 4 heterocycles. The van der Waals surface area contributed by atoms with Crippen molar-refractivity contribution in [3.63, 3.8) is 0 Å². The molecule has 1 aliphatic rings. The van der Waals surface area contributed by atoms with E-state index in [0.29, 0.717) is 18.2 Å². The molecular weight excluding hydrogens is 388 g/mol. The maximum absolute atomic E-state index is 12.5. The second-order valence-electron chi connectivity index (χ2n) is 8.21. The average Bonchev–Trinajstić information content (AvgIpc) is 3.54. The number of rotatable bonds is 6. The average molecular weight is 415 g/mol. The Kier molecular flexibility index (Phi) is 5.26. The van der Waals surface area contributed by atoms with Crippen molar-refractivity contribution in [1.29, 1.82) is 0 Å². The van der Waals surface area contributed by atoms with Gasteiger partial charge in [-0.1, -0.05) is 12.1 Å². The van der Waals surface area contributed by atoms with Gasteiger partial charge in [-0.2, -0.15) is 5.10 Å². The van der Waals surface area contributed by atoms with Gasteiger partial charge in [-0.15, -0.1) is 0 Å². The van der Waals surface area contributed by atoms with Gasteiger partial charge >= 0.3 is 0 Å². The minimum absolute atomic E-state index is 0.0198. The van der Waals surface area contributed by atoms with E-state index in [2.05, 4.69) is 43.5 Å². The smallest absolute Gasteiger partial charge is 0.251 e. The first-order valence-corrected chi connectivity index (χ1v) is 10.7. The highest BCUT2D eigenvalue weighted by atomic mass is 16.1. The van der Waals surface area contributed by atoms with Crippen molar-refractivity contribution < 1.29 is 4.79 Å². The molecule has 0 spiro atoms. The SMILES string of the molecule is CN1CCCC1CCNC(=O)c1ccc(-c2cnc3[nH]cc(-c4cn[nH]c4)c3c2)cc1. The number of H-pyrrole nitrogens is 2. The van der Waals surface area contributed by atoms with Crippen LogP contribution >= 0.6 is 0 Å². The lowest BCUT2D eigenvalue weighted by molar-refractivity contribution is 0.0950. The van der Waals surface area contributed by atoms with Gasteiger partial charge in [0, 0.05) is 58.8 Å². The summed E-state index contributed by atoms with van der Waals surface area (Å²) in [6.45, 7) is 1.87. The molecule has 1 aromatic carbocycles. The number of hydrogen-bond donors (Lipinski definition) is 3. The molecule has 5 rings (SSSR count). The number of amides is 1. The number of likely N-dealkylation sites (tertiary alicyclic amines) is 1. The van der Waals surface area contributed by atoms with E-state index in [1.807, 2.05) is 42.9 Å². The Morgan fingerprint density at radius 3 is 2.77 bits per heavy atom. The van der Waals surface area contributed by atoms with Crippen LogP contribution in [0.3, 0.4) is 0 Å². The van der Waals surface area contributed by atoms with Crippen molar-refractivity contribution in [2.24, 2.45) is 0 Å². The van der Waals surface area contributed by atoms with Gasteiger partial charge in [0.1, 0.15) is 5.65 Å². The molecule has 3 aromatic heterocycles. The Balaban J connectivity index is 1.29. The zero-order chi connectivity index (χ0) is 21.2. The van der Waals surface area contributed by atoms with E-state index < -0.39 is 0 Å². The van der Waals surface area contributed by atoms with Gasteiger partial charge in [0.25, 0.3) is 5.91 Å². The van der Waals surface area contributed by atoms with E-state index in [-0.39, 0.29) is 5.91 Å². The fourth-order valence-corrected chi connectivity index (χ4v) is 4.41. The highest BCUT2D eigenvalue weighted by molar-refractivity contribution is 5.96. The van der Waals surface area contributed by atoms with Crippen molar-refractivity contribution in [3.8, 4) is 22.3 Å². The molecule has 1 aliphatic heterocycles. The molecule has 4 aromatic rings. The van der Waals surface area contributed by atoms with Gasteiger partial charge < -0.3 is 15.2 Å². The first-order chi connectivity index (χ1) is 15.2. The molecule has 0 radical (unpaired) electrons. The largest absolute Gasteiger partial charge is 0.352 e. The number of benzene rings is 1. The summed E-state index contributed by atoms with van der Waals surface area (Å²) in [6, 6.07) is 10.4. The number of carbonyl (C=O) groups excluding carboxylic acids is 1. The maximum Gasteiger partial charge on any atom is 0.251 e. The van der Waals surface area contributed by atoms with Crippen LogP contribution < -0.4 is 5.32 Å². The van der Waals surface area contributed by atoms with Crippen molar-refractivity contribution in [2.45, 2.75) is 25.3 Å². The summed E-state index contributed by atoms with van der Waals surface area (Å²) in [4.78, 5) is 22.7. The zero-order valence-electron chi connectivity index (χ0n) is 17.6. The molecule has 0 bridgehead atoms. The Morgan fingerprint density at radius 1 is 1.16 bits per heavy atom. The molecule has 0 aliphatic carbocycles. The van der Waals surface area contributed by atoms with Gasteiger partial charge in [-0.25, -0.2) is 4.98 Å². The van der Waals surface area contributed by atoms with Crippen LogP contribution in [0.4, 0.5) is 0 Å². The Labute approximate surface area is 180 Å². The molecule has 7 nitrogen and oxygen atoms in total. The second-order valence-corrected chi connectivity index (χ2v) is 8.21. The summed E-state index contributed by atoms with van der Waals surface area (Å²) in [6.07, 6.45) is 10.9. The van der Waals surface area contributed by atoms with Crippen LogP contribution in [0.25, 0.3) is 33.3 Å². The number of hydrogen-bond acceptors (Lipinski definition) is 4. The van der Waals surface area contributed by atoms with Crippen LogP contribution in [0.2, 0.25) is 0 Å². The van der Waals surface area contributed by atoms with Gasteiger partial charge in [-0.05, 0) is 56.6 Å². The second kappa shape index (κ2) is 8.35. The number of nitrogens with one attached hydrogen (secondary N) is 3. The number of aromatic amines is 2. The molecule has 3 N–H and O–H groups in total. The summed E-state index contributed by atoms with van der Waals surface area (Å²) >= 11 is 0. The summed E-state index contributed by atoms with van der Waals surface area (Å²) in [7, 11) is 2.16. The third kappa shape index (κ3) is 3.96.